The van der Waals surface area contributed by atoms with Gasteiger partial charge in [0.1, 0.15) is 0 Å². The van der Waals surface area contributed by atoms with Crippen LogP contribution >= 0.6 is 0 Å². The molecule has 0 amide bonds. The van der Waals surface area contributed by atoms with E-state index in [0.29, 0.717) is 5.92 Å². The summed E-state index contributed by atoms with van der Waals surface area (Å²) in [6, 6.07) is 0.743. The molecule has 1 saturated heterocycles. The van der Waals surface area contributed by atoms with Gasteiger partial charge in [0.2, 0.25) is 0 Å². The number of rotatable bonds is 6. The zero-order valence-corrected chi connectivity index (χ0v) is 13.7. The van der Waals surface area contributed by atoms with E-state index < -0.39 is 0 Å². The number of aliphatic hydroxyl groups excluding tert-OH is 1. The van der Waals surface area contributed by atoms with Gasteiger partial charge in [0, 0.05) is 19.1 Å². The normalized spacial score (nSPS) is 35.9. The quantitative estimate of drug-likeness (QED) is 0.811. The molecule has 3 nitrogen and oxygen atoms in total. The molecule has 0 bridgehead atoms. The van der Waals surface area contributed by atoms with Crippen molar-refractivity contribution in [3.8, 4) is 0 Å². The molecule has 118 valence electrons. The molecule has 0 radical (unpaired) electrons. The molecule has 1 N–H and O–H groups in total. The highest BCUT2D eigenvalue weighted by atomic mass is 16.3. The lowest BCUT2D eigenvalue weighted by Gasteiger charge is -2.35. The van der Waals surface area contributed by atoms with Gasteiger partial charge in [-0.15, -0.1) is 0 Å². The predicted molar refractivity (Wildman–Crippen MR) is 84.9 cm³/mol. The molecule has 0 spiro atoms. The largest absolute Gasteiger partial charge is 0.393 e. The van der Waals surface area contributed by atoms with E-state index in [0.717, 1.165) is 24.9 Å². The Morgan fingerprint density at radius 3 is 2.50 bits per heavy atom. The topological polar surface area (TPSA) is 26.7 Å². The van der Waals surface area contributed by atoms with E-state index in [2.05, 4.69) is 30.6 Å². The Bertz CT molecular complexity index is 280. The molecular weight excluding hydrogens is 248 g/mol. The van der Waals surface area contributed by atoms with Crippen molar-refractivity contribution in [3.05, 3.63) is 0 Å². The van der Waals surface area contributed by atoms with Crippen molar-refractivity contribution in [2.75, 3.05) is 32.7 Å². The van der Waals surface area contributed by atoms with E-state index in [9.17, 15) is 5.11 Å². The summed E-state index contributed by atoms with van der Waals surface area (Å²) in [5, 5.41) is 10.3. The van der Waals surface area contributed by atoms with E-state index in [1.165, 1.54) is 51.9 Å². The van der Waals surface area contributed by atoms with Crippen LogP contribution in [0.4, 0.5) is 0 Å². The number of hydrogen-bond donors (Lipinski definition) is 1. The maximum Gasteiger partial charge on any atom is 0.0580 e. The first-order chi connectivity index (χ1) is 9.67. The Balaban J connectivity index is 1.81. The molecule has 1 saturated carbocycles. The molecule has 3 heteroatoms. The molecule has 0 aromatic rings. The molecule has 0 aromatic carbocycles. The molecule has 4 unspecified atom stereocenters. The minimum atomic E-state index is -0.0506. The van der Waals surface area contributed by atoms with Crippen LogP contribution < -0.4 is 0 Å². The van der Waals surface area contributed by atoms with Crippen molar-refractivity contribution in [1.29, 1.82) is 0 Å². The number of hydrogen-bond acceptors (Lipinski definition) is 3. The van der Waals surface area contributed by atoms with Crippen LogP contribution in [0.25, 0.3) is 0 Å². The van der Waals surface area contributed by atoms with Gasteiger partial charge in [0.25, 0.3) is 0 Å². The molecule has 1 heterocycles. The Morgan fingerprint density at radius 1 is 1.10 bits per heavy atom. The summed E-state index contributed by atoms with van der Waals surface area (Å²) in [5.74, 6) is 1.37. The molecule has 20 heavy (non-hydrogen) atoms. The average molecular weight is 282 g/mol. The number of aliphatic hydroxyl groups is 1. The number of likely N-dealkylation sites (N-methyl/N-ethyl adjacent to an activating group) is 1. The summed E-state index contributed by atoms with van der Waals surface area (Å²) < 4.78 is 0. The van der Waals surface area contributed by atoms with Gasteiger partial charge < -0.3 is 10.0 Å². The van der Waals surface area contributed by atoms with Gasteiger partial charge >= 0.3 is 0 Å². The van der Waals surface area contributed by atoms with E-state index in [1.54, 1.807) is 0 Å². The second kappa shape index (κ2) is 7.77. The van der Waals surface area contributed by atoms with Crippen LogP contribution in [0.2, 0.25) is 0 Å². The number of likely N-dealkylation sites (tertiary alicyclic amines) is 1. The Labute approximate surface area is 125 Å². The molecule has 1 aliphatic carbocycles. The first-order valence-electron chi connectivity index (χ1n) is 8.82. The Kier molecular flexibility index (Phi) is 6.31. The SMILES string of the molecule is CCC1CCC(O)C(CN2CCC(N(CC)CC)C2)C1. The van der Waals surface area contributed by atoms with Crippen molar-refractivity contribution in [3.63, 3.8) is 0 Å². The highest BCUT2D eigenvalue weighted by Gasteiger charge is 2.33. The fourth-order valence-corrected chi connectivity index (χ4v) is 4.26. The summed E-state index contributed by atoms with van der Waals surface area (Å²) in [4.78, 5) is 5.20. The average Bonchev–Trinajstić information content (AvgIpc) is 2.91. The minimum absolute atomic E-state index is 0.0506. The molecular formula is C17H34N2O. The van der Waals surface area contributed by atoms with Crippen LogP contribution in [-0.4, -0.2) is 59.8 Å². The summed E-state index contributed by atoms with van der Waals surface area (Å²) in [6.07, 6.45) is 6.04. The Morgan fingerprint density at radius 2 is 1.85 bits per heavy atom. The highest BCUT2D eigenvalue weighted by Crippen LogP contribution is 2.32. The fraction of sp³-hybridized carbons (Fsp3) is 1.00. The highest BCUT2D eigenvalue weighted by molar-refractivity contribution is 4.87. The van der Waals surface area contributed by atoms with Gasteiger partial charge in [-0.1, -0.05) is 27.2 Å². The van der Waals surface area contributed by atoms with Crippen molar-refractivity contribution in [2.45, 2.75) is 65.0 Å². The molecule has 4 atom stereocenters. The Hall–Kier alpha value is -0.120. The van der Waals surface area contributed by atoms with Crippen LogP contribution in [0.3, 0.4) is 0 Å². The second-order valence-electron chi connectivity index (χ2n) is 6.84. The molecule has 2 aliphatic rings. The third-order valence-electron chi connectivity index (χ3n) is 5.70. The standard InChI is InChI=1S/C17H34N2O/c1-4-14-7-8-17(20)15(11-14)12-18-10-9-16(13-18)19(5-2)6-3/h14-17,20H,4-13H2,1-3H3. The predicted octanol–water partition coefficient (Wildman–Crippen LogP) is 2.59. The van der Waals surface area contributed by atoms with Crippen LogP contribution in [0.1, 0.15) is 52.9 Å². The molecule has 1 aliphatic heterocycles. The smallest absolute Gasteiger partial charge is 0.0580 e. The lowest BCUT2D eigenvalue weighted by Crippen LogP contribution is -2.41. The molecule has 0 aromatic heterocycles. The van der Waals surface area contributed by atoms with Crippen LogP contribution in [0.5, 0.6) is 0 Å². The van der Waals surface area contributed by atoms with Crippen molar-refractivity contribution in [2.24, 2.45) is 11.8 Å². The molecule has 2 fully saturated rings. The van der Waals surface area contributed by atoms with Gasteiger partial charge in [-0.3, -0.25) is 4.90 Å². The fourth-order valence-electron chi connectivity index (χ4n) is 4.26. The van der Waals surface area contributed by atoms with Crippen LogP contribution in [-0.2, 0) is 0 Å². The van der Waals surface area contributed by atoms with Crippen molar-refractivity contribution < 1.29 is 5.11 Å². The maximum absolute atomic E-state index is 10.3. The minimum Gasteiger partial charge on any atom is -0.393 e. The number of nitrogens with zero attached hydrogens (tertiary/aromatic N) is 2. The zero-order valence-electron chi connectivity index (χ0n) is 13.7. The zero-order chi connectivity index (χ0) is 14.5. The third kappa shape index (κ3) is 3.96. The van der Waals surface area contributed by atoms with Crippen molar-refractivity contribution in [1.82, 2.24) is 9.80 Å². The summed E-state index contributed by atoms with van der Waals surface area (Å²) in [7, 11) is 0. The monoisotopic (exact) mass is 282 g/mol. The van der Waals surface area contributed by atoms with Crippen LogP contribution in [0, 0.1) is 11.8 Å². The molecule has 2 rings (SSSR count). The second-order valence-corrected chi connectivity index (χ2v) is 6.84. The maximum atomic E-state index is 10.3. The first kappa shape index (κ1) is 16.3. The van der Waals surface area contributed by atoms with Gasteiger partial charge in [-0.25, -0.2) is 0 Å². The van der Waals surface area contributed by atoms with E-state index in [4.69, 9.17) is 0 Å². The van der Waals surface area contributed by atoms with Gasteiger partial charge in [-0.05, 0) is 57.2 Å². The lowest BCUT2D eigenvalue weighted by molar-refractivity contribution is 0.0294. The summed E-state index contributed by atoms with van der Waals surface area (Å²) in [5.41, 5.74) is 0. The van der Waals surface area contributed by atoms with E-state index >= 15 is 0 Å². The van der Waals surface area contributed by atoms with E-state index in [1.807, 2.05) is 0 Å². The summed E-state index contributed by atoms with van der Waals surface area (Å²) >= 11 is 0. The third-order valence-corrected chi connectivity index (χ3v) is 5.70. The summed E-state index contributed by atoms with van der Waals surface area (Å²) in [6.45, 7) is 12.7. The van der Waals surface area contributed by atoms with Gasteiger partial charge in [-0.2, -0.15) is 0 Å². The van der Waals surface area contributed by atoms with Gasteiger partial charge in [0.15, 0.2) is 0 Å². The van der Waals surface area contributed by atoms with Gasteiger partial charge in [0.05, 0.1) is 6.10 Å². The van der Waals surface area contributed by atoms with E-state index in [-0.39, 0.29) is 6.10 Å². The first-order valence-corrected chi connectivity index (χ1v) is 8.82. The van der Waals surface area contributed by atoms with Crippen LogP contribution in [0.15, 0.2) is 0 Å². The van der Waals surface area contributed by atoms with Crippen molar-refractivity contribution >= 4 is 0 Å². The lowest BCUT2D eigenvalue weighted by atomic mass is 9.78.